The summed E-state index contributed by atoms with van der Waals surface area (Å²) in [5, 5.41) is 9.46. The van der Waals surface area contributed by atoms with Gasteiger partial charge in [0.15, 0.2) is 0 Å². The van der Waals surface area contributed by atoms with Crippen molar-refractivity contribution in [2.45, 2.75) is 24.7 Å². The van der Waals surface area contributed by atoms with Crippen LogP contribution in [0.5, 0.6) is 0 Å². The third-order valence-corrected chi connectivity index (χ3v) is 4.54. The molecule has 4 nitrogen and oxygen atoms in total. The molecule has 1 N–H and O–H groups in total. The molecule has 1 heterocycles. The molecule has 102 valence electrons. The number of benzene rings is 1. The molecule has 20 heavy (non-hydrogen) atoms. The number of hydrogen-bond donors (Lipinski definition) is 1. The summed E-state index contributed by atoms with van der Waals surface area (Å²) >= 11 is 3.49. The predicted molar refractivity (Wildman–Crippen MR) is 78.3 cm³/mol. The maximum Gasteiger partial charge on any atom is 0.317 e. The smallest absolute Gasteiger partial charge is 0.317 e. The lowest BCUT2D eigenvalue weighted by atomic mass is 9.68. The Morgan fingerprint density at radius 2 is 2.00 bits per heavy atom. The molecule has 1 aliphatic rings. The Balaban J connectivity index is 2.07. The molecule has 0 aliphatic heterocycles. The molecule has 0 amide bonds. The van der Waals surface area contributed by atoms with Crippen LogP contribution < -0.4 is 0 Å². The Morgan fingerprint density at radius 3 is 2.60 bits per heavy atom. The molecule has 0 atom stereocenters. The molecule has 3 rings (SSSR count). The van der Waals surface area contributed by atoms with E-state index in [4.69, 9.17) is 0 Å². The van der Waals surface area contributed by atoms with E-state index >= 15 is 0 Å². The number of carbonyl (C=O) groups is 1. The molecule has 1 fully saturated rings. The highest BCUT2D eigenvalue weighted by Crippen LogP contribution is 2.42. The largest absolute Gasteiger partial charge is 0.480 e. The SMILES string of the molecule is O=C(O)C1(c2nccc(-c3ccccc3Br)n2)CCC1. The molecule has 0 bridgehead atoms. The van der Waals surface area contributed by atoms with E-state index in [9.17, 15) is 9.90 Å². The van der Waals surface area contributed by atoms with E-state index in [0.717, 1.165) is 22.2 Å². The van der Waals surface area contributed by atoms with Gasteiger partial charge in [0.05, 0.1) is 5.69 Å². The average molecular weight is 333 g/mol. The zero-order valence-electron chi connectivity index (χ0n) is 10.7. The van der Waals surface area contributed by atoms with Crippen molar-refractivity contribution >= 4 is 21.9 Å². The molecule has 0 saturated heterocycles. The van der Waals surface area contributed by atoms with E-state index in [1.165, 1.54) is 0 Å². The molecule has 1 saturated carbocycles. The Bertz CT molecular complexity index is 668. The third-order valence-electron chi connectivity index (χ3n) is 3.85. The molecule has 1 aromatic heterocycles. The van der Waals surface area contributed by atoms with Crippen LogP contribution in [0.2, 0.25) is 0 Å². The zero-order chi connectivity index (χ0) is 14.2. The maximum atomic E-state index is 11.5. The quantitative estimate of drug-likeness (QED) is 0.935. The lowest BCUT2D eigenvalue weighted by molar-refractivity contribution is -0.147. The third kappa shape index (κ3) is 2.02. The van der Waals surface area contributed by atoms with Gasteiger partial charge in [-0.2, -0.15) is 0 Å². The van der Waals surface area contributed by atoms with Gasteiger partial charge in [-0.1, -0.05) is 40.5 Å². The summed E-state index contributed by atoms with van der Waals surface area (Å²) < 4.78 is 0.933. The van der Waals surface area contributed by atoms with E-state index in [2.05, 4.69) is 25.9 Å². The molecule has 0 unspecified atom stereocenters. The number of hydrogen-bond acceptors (Lipinski definition) is 3. The van der Waals surface area contributed by atoms with Crippen molar-refractivity contribution in [3.05, 3.63) is 46.8 Å². The second kappa shape index (κ2) is 4.98. The van der Waals surface area contributed by atoms with E-state index in [-0.39, 0.29) is 0 Å². The first-order chi connectivity index (χ1) is 9.63. The highest BCUT2D eigenvalue weighted by atomic mass is 79.9. The first-order valence-electron chi connectivity index (χ1n) is 6.45. The molecule has 0 radical (unpaired) electrons. The summed E-state index contributed by atoms with van der Waals surface area (Å²) in [7, 11) is 0. The van der Waals surface area contributed by atoms with Crippen LogP contribution in [-0.2, 0) is 10.2 Å². The summed E-state index contributed by atoms with van der Waals surface area (Å²) in [4.78, 5) is 20.2. The Labute approximate surface area is 125 Å². The molecule has 5 heteroatoms. The molecule has 1 aromatic carbocycles. The van der Waals surface area contributed by atoms with Crippen molar-refractivity contribution < 1.29 is 9.90 Å². The van der Waals surface area contributed by atoms with Crippen molar-refractivity contribution in [3.63, 3.8) is 0 Å². The van der Waals surface area contributed by atoms with E-state index in [0.29, 0.717) is 18.7 Å². The second-order valence-corrected chi connectivity index (χ2v) is 5.84. The van der Waals surface area contributed by atoms with Crippen LogP contribution in [0.3, 0.4) is 0 Å². The summed E-state index contributed by atoms with van der Waals surface area (Å²) in [5.74, 6) is -0.405. The number of rotatable bonds is 3. The lowest BCUT2D eigenvalue weighted by Gasteiger charge is -2.35. The minimum absolute atomic E-state index is 0.421. The van der Waals surface area contributed by atoms with Gasteiger partial charge in [-0.25, -0.2) is 9.97 Å². The predicted octanol–water partition coefficient (Wildman–Crippen LogP) is 3.41. The van der Waals surface area contributed by atoms with Gasteiger partial charge in [0, 0.05) is 16.2 Å². The number of halogens is 1. The van der Waals surface area contributed by atoms with E-state index in [1.807, 2.05) is 24.3 Å². The number of carboxylic acid groups (broad SMARTS) is 1. The number of carboxylic acids is 1. The summed E-state index contributed by atoms with van der Waals surface area (Å²) in [6.07, 6.45) is 3.78. The fraction of sp³-hybridized carbons (Fsp3) is 0.267. The maximum absolute atomic E-state index is 11.5. The van der Waals surface area contributed by atoms with Crippen molar-refractivity contribution in [2.24, 2.45) is 0 Å². The fourth-order valence-electron chi connectivity index (χ4n) is 2.47. The van der Waals surface area contributed by atoms with E-state index in [1.54, 1.807) is 12.3 Å². The van der Waals surface area contributed by atoms with Crippen LogP contribution in [0, 0.1) is 0 Å². The van der Waals surface area contributed by atoms with Crippen LogP contribution in [0.15, 0.2) is 41.0 Å². The van der Waals surface area contributed by atoms with Gasteiger partial charge in [0.1, 0.15) is 11.2 Å². The fourth-order valence-corrected chi connectivity index (χ4v) is 2.96. The monoisotopic (exact) mass is 332 g/mol. The summed E-state index contributed by atoms with van der Waals surface area (Å²) in [5.41, 5.74) is 0.795. The van der Waals surface area contributed by atoms with Crippen LogP contribution >= 0.6 is 15.9 Å². The van der Waals surface area contributed by atoms with Crippen LogP contribution in [0.25, 0.3) is 11.3 Å². The van der Waals surface area contributed by atoms with Crippen LogP contribution in [-0.4, -0.2) is 21.0 Å². The van der Waals surface area contributed by atoms with Gasteiger partial charge in [-0.3, -0.25) is 4.79 Å². The first-order valence-corrected chi connectivity index (χ1v) is 7.25. The van der Waals surface area contributed by atoms with Gasteiger partial charge >= 0.3 is 5.97 Å². The van der Waals surface area contributed by atoms with Crippen molar-refractivity contribution in [2.75, 3.05) is 0 Å². The number of aliphatic carboxylic acids is 1. The Kier molecular flexibility index (Phi) is 3.30. The topological polar surface area (TPSA) is 63.1 Å². The van der Waals surface area contributed by atoms with Gasteiger partial charge in [0.2, 0.25) is 0 Å². The molecule has 2 aromatic rings. The van der Waals surface area contributed by atoms with Gasteiger partial charge < -0.3 is 5.11 Å². The zero-order valence-corrected chi connectivity index (χ0v) is 12.3. The molecular formula is C15H13BrN2O2. The number of nitrogens with zero attached hydrogens (tertiary/aromatic N) is 2. The van der Waals surface area contributed by atoms with Gasteiger partial charge in [-0.05, 0) is 25.0 Å². The Morgan fingerprint density at radius 1 is 1.25 bits per heavy atom. The normalized spacial score (nSPS) is 16.4. The van der Waals surface area contributed by atoms with Crippen LogP contribution in [0.4, 0.5) is 0 Å². The van der Waals surface area contributed by atoms with Crippen molar-refractivity contribution in [3.8, 4) is 11.3 Å². The standard InChI is InChI=1S/C15H13BrN2O2/c16-11-5-2-1-4-10(11)12-6-9-17-13(18-12)15(14(19)20)7-3-8-15/h1-2,4-6,9H,3,7-8H2,(H,19,20). The van der Waals surface area contributed by atoms with Gasteiger partial charge in [0.25, 0.3) is 0 Å². The summed E-state index contributed by atoms with van der Waals surface area (Å²) in [6, 6.07) is 9.55. The molecule has 1 aliphatic carbocycles. The lowest BCUT2D eigenvalue weighted by Crippen LogP contribution is -2.43. The van der Waals surface area contributed by atoms with Crippen molar-refractivity contribution in [1.29, 1.82) is 0 Å². The van der Waals surface area contributed by atoms with E-state index < -0.39 is 11.4 Å². The Hall–Kier alpha value is -1.75. The average Bonchev–Trinajstić information content (AvgIpc) is 2.38. The minimum atomic E-state index is -0.892. The first kappa shape index (κ1) is 13.2. The number of aromatic nitrogens is 2. The highest BCUT2D eigenvalue weighted by molar-refractivity contribution is 9.10. The molecule has 0 spiro atoms. The molecular weight excluding hydrogens is 320 g/mol. The van der Waals surface area contributed by atoms with Crippen molar-refractivity contribution in [1.82, 2.24) is 9.97 Å². The second-order valence-electron chi connectivity index (χ2n) is 4.99. The minimum Gasteiger partial charge on any atom is -0.480 e. The summed E-state index contributed by atoms with van der Waals surface area (Å²) in [6.45, 7) is 0. The highest BCUT2D eigenvalue weighted by Gasteiger charge is 2.48. The van der Waals surface area contributed by atoms with Gasteiger partial charge in [-0.15, -0.1) is 0 Å². The van der Waals surface area contributed by atoms with Crippen LogP contribution in [0.1, 0.15) is 25.1 Å².